The van der Waals surface area contributed by atoms with Crippen LogP contribution >= 0.6 is 11.6 Å². The molecular weight excluding hydrogens is 623 g/mol. The van der Waals surface area contributed by atoms with Crippen LogP contribution in [0.1, 0.15) is 83.5 Å². The molecule has 9 nitrogen and oxygen atoms in total. The molecule has 3 fully saturated rings. The number of carbonyl (C=O) groups excluding carboxylic acids is 2. The first-order valence-corrected chi connectivity index (χ1v) is 15.8. The van der Waals surface area contributed by atoms with Crippen LogP contribution in [0.5, 0.6) is 0 Å². The summed E-state index contributed by atoms with van der Waals surface area (Å²) >= 11 is 6.09. The van der Waals surface area contributed by atoms with Crippen LogP contribution in [0.25, 0.3) is 11.1 Å². The van der Waals surface area contributed by atoms with Gasteiger partial charge in [-0.25, -0.2) is 18.2 Å². The Hall–Kier alpha value is -3.74. The molecule has 1 aliphatic carbocycles. The SMILES string of the molecule is CC(C)n1cc(CNCC2CCCO2)cc(C(=O)Nc2cc(-c3c(F)cc(Cl)cc3C(=O)N3CC(F)(F)C3)cc(C3CC3)n2)c1=O. The topological polar surface area (TPSA) is 106 Å². The number of carbonyl (C=O) groups is 2. The van der Waals surface area contributed by atoms with Gasteiger partial charge in [0.05, 0.1) is 24.8 Å². The van der Waals surface area contributed by atoms with Crippen LogP contribution < -0.4 is 16.2 Å². The summed E-state index contributed by atoms with van der Waals surface area (Å²) in [5.74, 6) is -5.18. The smallest absolute Gasteiger partial charge is 0.282 e. The van der Waals surface area contributed by atoms with Crippen LogP contribution in [-0.2, 0) is 11.3 Å². The summed E-state index contributed by atoms with van der Waals surface area (Å²) in [4.78, 5) is 45.8. The van der Waals surface area contributed by atoms with Gasteiger partial charge in [-0.2, -0.15) is 0 Å². The molecule has 1 aromatic carbocycles. The van der Waals surface area contributed by atoms with Crippen LogP contribution in [0.4, 0.5) is 19.0 Å². The van der Waals surface area contributed by atoms with Crippen LogP contribution in [0, 0.1) is 5.82 Å². The van der Waals surface area contributed by atoms with Gasteiger partial charge in [-0.3, -0.25) is 14.4 Å². The van der Waals surface area contributed by atoms with Gasteiger partial charge < -0.3 is 24.8 Å². The molecular formula is C33H35ClF3N5O4. The van der Waals surface area contributed by atoms with Gasteiger partial charge in [-0.05, 0) is 81.0 Å². The Labute approximate surface area is 269 Å². The molecule has 2 aromatic heterocycles. The van der Waals surface area contributed by atoms with Crippen molar-refractivity contribution in [3.63, 3.8) is 0 Å². The number of aromatic nitrogens is 2. The average Bonchev–Trinajstić information content (AvgIpc) is 3.71. The Balaban J connectivity index is 1.32. The predicted octanol–water partition coefficient (Wildman–Crippen LogP) is 5.77. The Bertz CT molecular complexity index is 1730. The molecule has 13 heteroatoms. The van der Waals surface area contributed by atoms with Crippen molar-refractivity contribution < 1.29 is 27.5 Å². The number of nitrogens with zero attached hydrogens (tertiary/aromatic N) is 3. The lowest BCUT2D eigenvalue weighted by Gasteiger charge is -2.39. The van der Waals surface area contributed by atoms with Crippen molar-refractivity contribution in [3.05, 3.63) is 80.1 Å². The first-order valence-electron chi connectivity index (χ1n) is 15.5. The second-order valence-electron chi connectivity index (χ2n) is 12.6. The van der Waals surface area contributed by atoms with E-state index in [4.69, 9.17) is 16.3 Å². The van der Waals surface area contributed by atoms with Gasteiger partial charge in [-0.1, -0.05) is 11.6 Å². The fourth-order valence-electron chi connectivity index (χ4n) is 5.88. The number of alkyl halides is 2. The first-order chi connectivity index (χ1) is 21.9. The van der Waals surface area contributed by atoms with Gasteiger partial charge in [0.2, 0.25) is 0 Å². The standard InChI is InChI=1S/C33H35ClF3N5O4/c1-18(2)42-15-19(13-38-14-23-4-3-7-46-23)8-25(32(42)45)30(43)40-28-10-21(9-27(39-28)20-5-6-20)29-24(11-22(34)12-26(29)35)31(44)41-16-33(36,37)17-41/h8-12,15,18,20,23,38H,3-7,13-14,16-17H2,1-2H3,(H,39,40,43). The molecule has 2 N–H and O–H groups in total. The van der Waals surface area contributed by atoms with Crippen LogP contribution in [-0.4, -0.2) is 64.5 Å². The summed E-state index contributed by atoms with van der Waals surface area (Å²) in [6, 6.07) is 6.67. The van der Waals surface area contributed by atoms with Crippen molar-refractivity contribution in [1.29, 1.82) is 0 Å². The van der Waals surface area contributed by atoms with E-state index in [0.29, 0.717) is 18.8 Å². The lowest BCUT2D eigenvalue weighted by atomic mass is 9.96. The number of rotatable bonds is 10. The largest absolute Gasteiger partial charge is 0.377 e. The molecule has 2 aliphatic heterocycles. The molecule has 4 heterocycles. The minimum Gasteiger partial charge on any atom is -0.377 e. The molecule has 1 unspecified atom stereocenters. The molecule has 244 valence electrons. The second kappa shape index (κ2) is 12.8. The third kappa shape index (κ3) is 6.98. The summed E-state index contributed by atoms with van der Waals surface area (Å²) in [6.07, 6.45) is 5.53. The van der Waals surface area contributed by atoms with E-state index in [2.05, 4.69) is 15.6 Å². The highest BCUT2D eigenvalue weighted by atomic mass is 35.5. The zero-order valence-electron chi connectivity index (χ0n) is 25.5. The fourth-order valence-corrected chi connectivity index (χ4v) is 6.09. The van der Waals surface area contributed by atoms with Crippen molar-refractivity contribution in [1.82, 2.24) is 19.8 Å². The maximum atomic E-state index is 15.6. The number of likely N-dealkylation sites (tertiary alicyclic amines) is 1. The summed E-state index contributed by atoms with van der Waals surface area (Å²) in [6.45, 7) is 3.95. The number of pyridine rings is 2. The highest BCUT2D eigenvalue weighted by Gasteiger charge is 2.47. The molecule has 3 aromatic rings. The van der Waals surface area contributed by atoms with E-state index in [0.717, 1.165) is 48.8 Å². The van der Waals surface area contributed by atoms with Crippen molar-refractivity contribution in [3.8, 4) is 11.1 Å². The number of amides is 2. The monoisotopic (exact) mass is 657 g/mol. The van der Waals surface area contributed by atoms with E-state index in [1.54, 1.807) is 18.3 Å². The van der Waals surface area contributed by atoms with E-state index in [1.165, 1.54) is 16.7 Å². The van der Waals surface area contributed by atoms with Crippen LogP contribution in [0.15, 0.2) is 41.3 Å². The summed E-state index contributed by atoms with van der Waals surface area (Å²) in [5, 5.41) is 5.99. The maximum Gasteiger partial charge on any atom is 0.282 e. The third-order valence-corrected chi connectivity index (χ3v) is 8.63. The molecule has 1 saturated carbocycles. The predicted molar refractivity (Wildman–Crippen MR) is 167 cm³/mol. The van der Waals surface area contributed by atoms with Gasteiger partial charge in [0.1, 0.15) is 17.2 Å². The van der Waals surface area contributed by atoms with E-state index >= 15 is 4.39 Å². The number of ether oxygens (including phenoxy) is 1. The van der Waals surface area contributed by atoms with Crippen LogP contribution in [0.2, 0.25) is 5.02 Å². The van der Waals surface area contributed by atoms with Crippen molar-refractivity contribution in [2.45, 2.75) is 70.1 Å². The van der Waals surface area contributed by atoms with E-state index in [-0.39, 0.29) is 51.2 Å². The Kier molecular flexibility index (Phi) is 8.97. The highest BCUT2D eigenvalue weighted by Crippen LogP contribution is 2.42. The lowest BCUT2D eigenvalue weighted by Crippen LogP contribution is -2.58. The zero-order valence-corrected chi connectivity index (χ0v) is 26.3. The van der Waals surface area contributed by atoms with Crippen molar-refractivity contribution in [2.24, 2.45) is 0 Å². The molecule has 1 atom stereocenters. The lowest BCUT2D eigenvalue weighted by molar-refractivity contribution is -0.113. The van der Waals surface area contributed by atoms with Crippen molar-refractivity contribution in [2.75, 3.05) is 31.6 Å². The van der Waals surface area contributed by atoms with Gasteiger partial charge in [0.25, 0.3) is 23.3 Å². The molecule has 2 amide bonds. The molecule has 6 rings (SSSR count). The first kappa shape index (κ1) is 32.2. The van der Waals surface area contributed by atoms with E-state index in [1.807, 2.05) is 13.8 Å². The molecule has 0 bridgehead atoms. The number of hydrogen-bond donors (Lipinski definition) is 2. The zero-order chi connectivity index (χ0) is 32.7. The van der Waals surface area contributed by atoms with E-state index in [9.17, 15) is 23.2 Å². The Morgan fingerprint density at radius 1 is 1.11 bits per heavy atom. The number of nitrogens with one attached hydrogen (secondary N) is 2. The number of anilines is 1. The molecule has 46 heavy (non-hydrogen) atoms. The number of hydrogen-bond acceptors (Lipinski definition) is 6. The summed E-state index contributed by atoms with van der Waals surface area (Å²) in [5.41, 5.74) is 0.667. The minimum absolute atomic E-state index is 0.0602. The quantitative estimate of drug-likeness (QED) is 0.287. The van der Waals surface area contributed by atoms with Crippen molar-refractivity contribution >= 4 is 29.2 Å². The molecule has 3 aliphatic rings. The third-order valence-electron chi connectivity index (χ3n) is 8.41. The van der Waals surface area contributed by atoms with Crippen LogP contribution in [0.3, 0.4) is 0 Å². The normalized spacial score (nSPS) is 18.9. The molecule has 0 radical (unpaired) electrons. The summed E-state index contributed by atoms with van der Waals surface area (Å²) in [7, 11) is 0. The van der Waals surface area contributed by atoms with Gasteiger partial charge in [-0.15, -0.1) is 0 Å². The number of halogens is 4. The minimum atomic E-state index is -3.01. The van der Waals surface area contributed by atoms with Gasteiger partial charge >= 0.3 is 0 Å². The Morgan fingerprint density at radius 2 is 1.87 bits per heavy atom. The summed E-state index contributed by atoms with van der Waals surface area (Å²) < 4.78 is 49.9. The molecule has 2 saturated heterocycles. The molecule has 0 spiro atoms. The van der Waals surface area contributed by atoms with Gasteiger partial charge in [0, 0.05) is 54.1 Å². The highest BCUT2D eigenvalue weighted by molar-refractivity contribution is 6.31. The Morgan fingerprint density at radius 3 is 2.52 bits per heavy atom. The van der Waals surface area contributed by atoms with Gasteiger partial charge in [0.15, 0.2) is 0 Å². The maximum absolute atomic E-state index is 15.6. The number of benzene rings is 1. The second-order valence-corrected chi connectivity index (χ2v) is 13.0. The fraction of sp³-hybridized carbons (Fsp3) is 0.455. The van der Waals surface area contributed by atoms with E-state index < -0.39 is 42.2 Å². The average molecular weight is 658 g/mol.